The molecule has 2 aliphatic rings. The minimum atomic E-state index is 0. The molecule has 2 N–H and O–H groups in total. The summed E-state index contributed by atoms with van der Waals surface area (Å²) in [5, 5.41) is 3.10. The summed E-state index contributed by atoms with van der Waals surface area (Å²) in [6.07, 6.45) is 3.77. The van der Waals surface area contributed by atoms with Crippen molar-refractivity contribution in [2.45, 2.75) is 6.54 Å². The zero-order valence-corrected chi connectivity index (χ0v) is 19.9. The first-order valence-electron chi connectivity index (χ1n) is 9.77. The molecule has 8 nitrogen and oxygen atoms in total. The lowest BCUT2D eigenvalue weighted by Gasteiger charge is -2.35. The van der Waals surface area contributed by atoms with Gasteiger partial charge in [-0.25, -0.2) is 15.0 Å². The summed E-state index contributed by atoms with van der Waals surface area (Å²) in [5.74, 6) is 1.66. The lowest BCUT2D eigenvalue weighted by Crippen LogP contribution is -2.51. The van der Waals surface area contributed by atoms with Crippen molar-refractivity contribution in [2.75, 3.05) is 69.2 Å². The van der Waals surface area contributed by atoms with Gasteiger partial charge in [-0.2, -0.15) is 0 Å². The molecule has 2 fully saturated rings. The lowest BCUT2D eigenvalue weighted by molar-refractivity contribution is 0.312. The van der Waals surface area contributed by atoms with E-state index in [1.165, 1.54) is 0 Å². The van der Waals surface area contributed by atoms with Crippen LogP contribution in [-0.2, 0) is 6.54 Å². The fraction of sp³-hybridized carbons (Fsp3) is 0.526. The smallest absolute Gasteiger partial charge is 0.191 e. The number of rotatable bonds is 4. The topological polar surface area (TPSA) is 77.1 Å². The molecule has 0 atom stereocenters. The average Bonchev–Trinajstić information content (AvgIpc) is 3.28. The number of aliphatic imine (C=N–C) groups is 1. The summed E-state index contributed by atoms with van der Waals surface area (Å²) in [4.78, 5) is 22.7. The summed E-state index contributed by atoms with van der Waals surface area (Å²) in [6, 6.07) is 4.21. The van der Waals surface area contributed by atoms with E-state index in [9.17, 15) is 0 Å². The molecule has 0 amide bonds. The SMILES string of the molecule is CN1CCN(c2ccc(CN=C(N)N3CCN(c4nccs4)CC3)cn2)CC1.I. The molecular weight excluding hydrogens is 499 g/mol. The van der Waals surface area contributed by atoms with E-state index in [-0.39, 0.29) is 24.0 Å². The summed E-state index contributed by atoms with van der Waals surface area (Å²) < 4.78 is 0. The number of hydrogen-bond acceptors (Lipinski definition) is 7. The van der Waals surface area contributed by atoms with Gasteiger partial charge in [-0.15, -0.1) is 35.3 Å². The van der Waals surface area contributed by atoms with Crippen molar-refractivity contribution < 1.29 is 0 Å². The second kappa shape index (κ2) is 10.4. The molecule has 29 heavy (non-hydrogen) atoms. The minimum Gasteiger partial charge on any atom is -0.370 e. The highest BCUT2D eigenvalue weighted by atomic mass is 127. The maximum Gasteiger partial charge on any atom is 0.191 e. The van der Waals surface area contributed by atoms with Crippen LogP contribution >= 0.6 is 35.3 Å². The van der Waals surface area contributed by atoms with Crippen LogP contribution in [0.25, 0.3) is 0 Å². The summed E-state index contributed by atoms with van der Waals surface area (Å²) in [6.45, 7) is 8.37. The Labute approximate surface area is 193 Å². The molecule has 4 heterocycles. The van der Waals surface area contributed by atoms with Crippen LogP contribution in [0.15, 0.2) is 34.9 Å². The predicted octanol–water partition coefficient (Wildman–Crippen LogP) is 1.54. The predicted molar refractivity (Wildman–Crippen MR) is 131 cm³/mol. The second-order valence-corrected chi connectivity index (χ2v) is 8.15. The van der Waals surface area contributed by atoms with Gasteiger partial charge in [0.1, 0.15) is 5.82 Å². The van der Waals surface area contributed by atoms with Gasteiger partial charge in [0.25, 0.3) is 0 Å². The molecule has 0 saturated carbocycles. The molecule has 2 aliphatic heterocycles. The monoisotopic (exact) mass is 528 g/mol. The molecule has 0 spiro atoms. The molecule has 2 aromatic rings. The number of thiazole rings is 1. The number of hydrogen-bond donors (Lipinski definition) is 1. The van der Waals surface area contributed by atoms with Crippen LogP contribution in [0, 0.1) is 0 Å². The lowest BCUT2D eigenvalue weighted by atomic mass is 10.2. The average molecular weight is 528 g/mol. The van der Waals surface area contributed by atoms with E-state index in [0.717, 1.165) is 68.9 Å². The molecule has 0 radical (unpaired) electrons. The Bertz CT molecular complexity index is 766. The highest BCUT2D eigenvalue weighted by molar-refractivity contribution is 14.0. The van der Waals surface area contributed by atoms with Crippen LogP contribution in [0.2, 0.25) is 0 Å². The maximum atomic E-state index is 6.23. The van der Waals surface area contributed by atoms with Crippen molar-refractivity contribution in [2.24, 2.45) is 10.7 Å². The number of likely N-dealkylation sites (N-methyl/N-ethyl adjacent to an activating group) is 1. The Kier molecular flexibility index (Phi) is 7.90. The fourth-order valence-corrected chi connectivity index (χ4v) is 4.20. The third kappa shape index (κ3) is 5.70. The van der Waals surface area contributed by atoms with Crippen LogP contribution in [0.3, 0.4) is 0 Å². The van der Waals surface area contributed by atoms with Crippen molar-refractivity contribution in [3.05, 3.63) is 35.5 Å². The van der Waals surface area contributed by atoms with Crippen molar-refractivity contribution in [3.63, 3.8) is 0 Å². The van der Waals surface area contributed by atoms with Gasteiger partial charge in [0.2, 0.25) is 0 Å². The highest BCUT2D eigenvalue weighted by Gasteiger charge is 2.20. The molecule has 4 rings (SSSR count). The molecule has 0 aliphatic carbocycles. The van der Waals surface area contributed by atoms with Crippen molar-refractivity contribution >= 4 is 52.2 Å². The first kappa shape index (κ1) is 22.0. The van der Waals surface area contributed by atoms with Gasteiger partial charge in [0, 0.05) is 70.1 Å². The van der Waals surface area contributed by atoms with Gasteiger partial charge in [-0.05, 0) is 18.7 Å². The van der Waals surface area contributed by atoms with Crippen LogP contribution in [0.4, 0.5) is 10.9 Å². The number of nitrogens with two attached hydrogens (primary N) is 1. The van der Waals surface area contributed by atoms with Gasteiger partial charge < -0.3 is 25.3 Å². The quantitative estimate of drug-likeness (QED) is 0.367. The molecule has 2 aromatic heterocycles. The van der Waals surface area contributed by atoms with Crippen molar-refractivity contribution in [3.8, 4) is 0 Å². The van der Waals surface area contributed by atoms with E-state index in [1.807, 2.05) is 17.8 Å². The molecule has 0 bridgehead atoms. The molecule has 0 unspecified atom stereocenters. The van der Waals surface area contributed by atoms with E-state index < -0.39 is 0 Å². The summed E-state index contributed by atoms with van der Waals surface area (Å²) in [7, 11) is 2.16. The standard InChI is InChI=1S/C19H28N8S.HI/c1-24-5-7-25(8-6-24)17-3-2-16(14-22-17)15-23-18(20)26-9-11-27(12-10-26)19-21-4-13-28-19;/h2-4,13-14H,5-12,15H2,1H3,(H2,20,23);1H. The number of guanidine groups is 1. The van der Waals surface area contributed by atoms with Gasteiger partial charge >= 0.3 is 0 Å². The van der Waals surface area contributed by atoms with Gasteiger partial charge in [-0.3, -0.25) is 0 Å². The Morgan fingerprint density at radius 2 is 1.76 bits per heavy atom. The Morgan fingerprint density at radius 3 is 2.38 bits per heavy atom. The summed E-state index contributed by atoms with van der Waals surface area (Å²) in [5.41, 5.74) is 7.32. The third-order valence-corrected chi connectivity index (χ3v) is 6.19. The number of nitrogens with zero attached hydrogens (tertiary/aromatic N) is 7. The zero-order chi connectivity index (χ0) is 19.3. The van der Waals surface area contributed by atoms with E-state index in [1.54, 1.807) is 11.3 Å². The van der Waals surface area contributed by atoms with Gasteiger partial charge in [0.05, 0.1) is 6.54 Å². The number of pyridine rings is 1. The first-order valence-corrected chi connectivity index (χ1v) is 10.6. The highest BCUT2D eigenvalue weighted by Crippen LogP contribution is 2.19. The Balaban J connectivity index is 0.00000240. The third-order valence-electron chi connectivity index (χ3n) is 5.35. The molecule has 0 aromatic carbocycles. The normalized spacial score (nSPS) is 18.7. The van der Waals surface area contributed by atoms with Crippen LogP contribution in [0.5, 0.6) is 0 Å². The van der Waals surface area contributed by atoms with E-state index in [2.05, 4.69) is 53.7 Å². The van der Waals surface area contributed by atoms with E-state index in [0.29, 0.717) is 12.5 Å². The van der Waals surface area contributed by atoms with Crippen LogP contribution < -0.4 is 15.5 Å². The van der Waals surface area contributed by atoms with E-state index in [4.69, 9.17) is 5.73 Å². The van der Waals surface area contributed by atoms with Crippen LogP contribution in [-0.4, -0.2) is 85.1 Å². The number of piperazine rings is 2. The van der Waals surface area contributed by atoms with Crippen molar-refractivity contribution in [1.82, 2.24) is 19.8 Å². The first-order chi connectivity index (χ1) is 13.7. The number of halogens is 1. The molecule has 158 valence electrons. The molecule has 10 heteroatoms. The maximum absolute atomic E-state index is 6.23. The molecular formula is C19H29IN8S. The van der Waals surface area contributed by atoms with Gasteiger partial charge in [0.15, 0.2) is 11.1 Å². The second-order valence-electron chi connectivity index (χ2n) is 7.28. The fourth-order valence-electron chi connectivity index (χ4n) is 3.50. The number of aromatic nitrogens is 2. The zero-order valence-electron chi connectivity index (χ0n) is 16.8. The van der Waals surface area contributed by atoms with E-state index >= 15 is 0 Å². The largest absolute Gasteiger partial charge is 0.370 e. The molecule has 2 saturated heterocycles. The summed E-state index contributed by atoms with van der Waals surface area (Å²) >= 11 is 1.68. The Morgan fingerprint density at radius 1 is 1.03 bits per heavy atom. The van der Waals surface area contributed by atoms with Crippen LogP contribution in [0.1, 0.15) is 5.56 Å². The Hall–Kier alpha value is -1.66. The van der Waals surface area contributed by atoms with Gasteiger partial charge in [-0.1, -0.05) is 6.07 Å². The minimum absolute atomic E-state index is 0. The number of anilines is 2. The van der Waals surface area contributed by atoms with Crippen molar-refractivity contribution in [1.29, 1.82) is 0 Å².